The maximum Gasteiger partial charge on any atom is 0.235 e. The number of anilines is 2. The minimum atomic E-state index is -0.801. The number of aromatic nitrogens is 1. The molecule has 0 aliphatic carbocycles. The third-order valence-electron chi connectivity index (χ3n) is 5.39. The van der Waals surface area contributed by atoms with E-state index >= 15 is 0 Å². The molecule has 4 atom stereocenters. The monoisotopic (exact) mass is 385 g/mol. The average molecular weight is 386 g/mol. The number of ether oxygens (including phenoxy) is 1. The van der Waals surface area contributed by atoms with E-state index in [1.54, 1.807) is 37.3 Å². The van der Waals surface area contributed by atoms with Crippen LogP contribution < -0.4 is 10.2 Å². The Morgan fingerprint density at radius 3 is 3.00 bits per heavy atom. The zero-order chi connectivity index (χ0) is 18.8. The quantitative estimate of drug-likeness (QED) is 0.821. The molecule has 7 nitrogen and oxygen atoms in total. The van der Waals surface area contributed by atoms with E-state index in [1.165, 1.54) is 4.90 Å². The standard InChI is InChI=1S/C19H16ClN3O4/c1-10-7-14(22-27-10)23-9-19-6-5-13(26-19)15(16(19)18(23)25)17(24)21-12-4-2-3-11(20)8-12/h2-8,13,15-16H,9H2,1H3,(H,21,24)/t13-,15+,16-,19+/m1/s1. The van der Waals surface area contributed by atoms with Gasteiger partial charge in [0.05, 0.1) is 24.5 Å². The summed E-state index contributed by atoms with van der Waals surface area (Å²) in [6.45, 7) is 2.08. The van der Waals surface area contributed by atoms with Gasteiger partial charge in [0.15, 0.2) is 5.82 Å². The molecule has 2 amide bonds. The van der Waals surface area contributed by atoms with Gasteiger partial charge in [-0.25, -0.2) is 0 Å². The highest BCUT2D eigenvalue weighted by Gasteiger charge is 2.67. The molecule has 27 heavy (non-hydrogen) atoms. The van der Waals surface area contributed by atoms with Crippen LogP contribution in [0.2, 0.25) is 5.02 Å². The molecule has 0 unspecified atom stereocenters. The van der Waals surface area contributed by atoms with Crippen molar-refractivity contribution in [2.75, 3.05) is 16.8 Å². The molecule has 5 rings (SSSR count). The first-order valence-electron chi connectivity index (χ1n) is 8.65. The molecule has 0 saturated carbocycles. The first-order chi connectivity index (χ1) is 13.0. The zero-order valence-corrected chi connectivity index (χ0v) is 15.1. The Morgan fingerprint density at radius 1 is 1.41 bits per heavy atom. The van der Waals surface area contributed by atoms with Crippen LogP contribution >= 0.6 is 11.6 Å². The van der Waals surface area contributed by atoms with Crippen LogP contribution in [0.3, 0.4) is 0 Å². The van der Waals surface area contributed by atoms with Crippen LogP contribution in [0.1, 0.15) is 5.76 Å². The number of nitrogens with one attached hydrogen (secondary N) is 1. The average Bonchev–Trinajstić information content (AvgIpc) is 3.36. The lowest BCUT2D eigenvalue weighted by Gasteiger charge is -2.23. The van der Waals surface area contributed by atoms with Crippen molar-refractivity contribution in [3.63, 3.8) is 0 Å². The molecule has 2 saturated heterocycles. The summed E-state index contributed by atoms with van der Waals surface area (Å²) in [5.74, 6) is -0.589. The molecular formula is C19H16ClN3O4. The lowest BCUT2D eigenvalue weighted by Crippen LogP contribution is -2.41. The van der Waals surface area contributed by atoms with E-state index in [9.17, 15) is 9.59 Å². The Morgan fingerprint density at radius 2 is 2.26 bits per heavy atom. The maximum absolute atomic E-state index is 13.1. The van der Waals surface area contributed by atoms with Crippen LogP contribution in [0, 0.1) is 18.8 Å². The molecule has 0 radical (unpaired) electrons. The van der Waals surface area contributed by atoms with Crippen LogP contribution in [0.15, 0.2) is 47.0 Å². The van der Waals surface area contributed by atoms with E-state index in [0.717, 1.165) is 0 Å². The Labute approximate surface area is 159 Å². The Hall–Kier alpha value is -2.64. The number of hydrogen-bond donors (Lipinski definition) is 1. The fourth-order valence-corrected chi connectivity index (χ4v) is 4.45. The lowest BCUT2D eigenvalue weighted by molar-refractivity contribution is -0.128. The molecule has 2 fully saturated rings. The molecule has 3 aliphatic rings. The predicted molar refractivity (Wildman–Crippen MR) is 97.4 cm³/mol. The third-order valence-corrected chi connectivity index (χ3v) is 5.62. The molecule has 2 aromatic rings. The van der Waals surface area contributed by atoms with Crippen LogP contribution in [0.5, 0.6) is 0 Å². The van der Waals surface area contributed by atoms with Crippen molar-refractivity contribution in [2.24, 2.45) is 11.8 Å². The molecular weight excluding hydrogens is 370 g/mol. The van der Waals surface area contributed by atoms with Gasteiger partial charge in [-0.1, -0.05) is 35.0 Å². The molecule has 1 N–H and O–H groups in total. The maximum atomic E-state index is 13.1. The third kappa shape index (κ3) is 2.42. The second-order valence-corrected chi connectivity index (χ2v) is 7.56. The van der Waals surface area contributed by atoms with Gasteiger partial charge in [-0.2, -0.15) is 0 Å². The molecule has 1 aromatic heterocycles. The highest BCUT2D eigenvalue weighted by molar-refractivity contribution is 6.30. The normalized spacial score (nSPS) is 30.8. The summed E-state index contributed by atoms with van der Waals surface area (Å²) in [5.41, 5.74) is -0.215. The first-order valence-corrected chi connectivity index (χ1v) is 9.03. The summed E-state index contributed by atoms with van der Waals surface area (Å²) in [6.07, 6.45) is 3.35. The van der Waals surface area contributed by atoms with Crippen LogP contribution in [0.4, 0.5) is 11.5 Å². The van der Waals surface area contributed by atoms with E-state index in [4.69, 9.17) is 20.9 Å². The lowest BCUT2D eigenvalue weighted by atomic mass is 9.77. The van der Waals surface area contributed by atoms with Crippen molar-refractivity contribution in [3.05, 3.63) is 53.3 Å². The fourth-order valence-electron chi connectivity index (χ4n) is 4.26. The van der Waals surface area contributed by atoms with Gasteiger partial charge < -0.3 is 14.6 Å². The second kappa shape index (κ2) is 5.68. The number of fused-ring (bicyclic) bond motifs is 1. The Balaban J connectivity index is 1.44. The topological polar surface area (TPSA) is 84.7 Å². The van der Waals surface area contributed by atoms with Gasteiger partial charge in [-0.15, -0.1) is 0 Å². The number of carbonyl (C=O) groups is 2. The van der Waals surface area contributed by atoms with Crippen LogP contribution in [-0.4, -0.2) is 35.2 Å². The zero-order valence-electron chi connectivity index (χ0n) is 14.4. The first kappa shape index (κ1) is 16.5. The van der Waals surface area contributed by atoms with Gasteiger partial charge in [-0.05, 0) is 25.1 Å². The summed E-state index contributed by atoms with van der Waals surface area (Å²) in [5, 5.41) is 7.32. The van der Waals surface area contributed by atoms with Crippen molar-refractivity contribution in [1.29, 1.82) is 0 Å². The van der Waals surface area contributed by atoms with Gasteiger partial charge in [-0.3, -0.25) is 14.5 Å². The largest absolute Gasteiger partial charge is 0.360 e. The number of hydrogen-bond acceptors (Lipinski definition) is 5. The van der Waals surface area contributed by atoms with E-state index in [0.29, 0.717) is 28.8 Å². The van der Waals surface area contributed by atoms with E-state index in [1.807, 2.05) is 12.2 Å². The van der Waals surface area contributed by atoms with Crippen molar-refractivity contribution >= 4 is 34.9 Å². The van der Waals surface area contributed by atoms with Gasteiger partial charge in [0.2, 0.25) is 11.8 Å². The van der Waals surface area contributed by atoms with Crippen molar-refractivity contribution in [2.45, 2.75) is 18.6 Å². The summed E-state index contributed by atoms with van der Waals surface area (Å²) in [7, 11) is 0. The number of carbonyl (C=O) groups excluding carboxylic acids is 2. The summed E-state index contributed by atoms with van der Waals surface area (Å²) in [6, 6.07) is 8.61. The molecule has 1 spiro atoms. The predicted octanol–water partition coefficient (Wildman–Crippen LogP) is 2.56. The minimum Gasteiger partial charge on any atom is -0.360 e. The minimum absolute atomic E-state index is 0.179. The van der Waals surface area contributed by atoms with Crippen LogP contribution in [-0.2, 0) is 14.3 Å². The Kier molecular flexibility index (Phi) is 3.47. The summed E-state index contributed by atoms with van der Waals surface area (Å²) >= 11 is 5.99. The number of halogens is 1. The van der Waals surface area contributed by atoms with E-state index < -0.39 is 23.5 Å². The highest BCUT2D eigenvalue weighted by atomic mass is 35.5. The van der Waals surface area contributed by atoms with Gasteiger partial charge in [0.1, 0.15) is 11.4 Å². The molecule has 4 heterocycles. The summed E-state index contributed by atoms with van der Waals surface area (Å²) < 4.78 is 11.2. The fraction of sp³-hybridized carbons (Fsp3) is 0.316. The molecule has 2 bridgehead atoms. The van der Waals surface area contributed by atoms with Crippen molar-refractivity contribution in [3.8, 4) is 0 Å². The molecule has 1 aromatic carbocycles. The number of benzene rings is 1. The number of aryl methyl sites for hydroxylation is 1. The summed E-state index contributed by atoms with van der Waals surface area (Å²) in [4.78, 5) is 27.6. The van der Waals surface area contributed by atoms with E-state index in [-0.39, 0.29) is 11.8 Å². The van der Waals surface area contributed by atoms with Gasteiger partial charge in [0.25, 0.3) is 0 Å². The molecule has 138 valence electrons. The van der Waals surface area contributed by atoms with Crippen molar-refractivity contribution in [1.82, 2.24) is 5.16 Å². The molecule has 3 aliphatic heterocycles. The highest BCUT2D eigenvalue weighted by Crippen LogP contribution is 2.52. The van der Waals surface area contributed by atoms with Crippen molar-refractivity contribution < 1.29 is 18.8 Å². The van der Waals surface area contributed by atoms with Gasteiger partial charge >= 0.3 is 0 Å². The number of nitrogens with zero attached hydrogens (tertiary/aromatic N) is 2. The van der Waals surface area contributed by atoms with Crippen LogP contribution in [0.25, 0.3) is 0 Å². The SMILES string of the molecule is Cc1cc(N2C[C@]34C=C[C@@H](O3)[C@H](C(=O)Nc3cccc(Cl)c3)[C@@H]4C2=O)no1. The van der Waals surface area contributed by atoms with Gasteiger partial charge in [0, 0.05) is 16.8 Å². The smallest absolute Gasteiger partial charge is 0.235 e. The van der Waals surface area contributed by atoms with E-state index in [2.05, 4.69) is 10.5 Å². The number of rotatable bonds is 3. The second-order valence-electron chi connectivity index (χ2n) is 7.12. The number of amides is 2. The Bertz CT molecular complexity index is 987. The molecule has 8 heteroatoms.